The van der Waals surface area contributed by atoms with Crippen molar-refractivity contribution in [3.8, 4) is 0 Å². The Labute approximate surface area is 119 Å². The Hall–Kier alpha value is -1.88. The van der Waals surface area contributed by atoms with Gasteiger partial charge in [0, 0.05) is 19.6 Å². The number of nitrogens with zero attached hydrogens (tertiary/aromatic N) is 1. The van der Waals surface area contributed by atoms with E-state index in [0.717, 1.165) is 5.56 Å². The lowest BCUT2D eigenvalue weighted by Crippen LogP contribution is -2.57. The molecule has 1 aromatic carbocycles. The van der Waals surface area contributed by atoms with E-state index >= 15 is 0 Å². The second-order valence-corrected chi connectivity index (χ2v) is 5.12. The van der Waals surface area contributed by atoms with E-state index in [0.29, 0.717) is 26.1 Å². The third-order valence-electron chi connectivity index (χ3n) is 3.74. The summed E-state index contributed by atoms with van der Waals surface area (Å²) in [5.74, 6) is -0.399. The van der Waals surface area contributed by atoms with Crippen molar-refractivity contribution < 1.29 is 9.59 Å². The SMILES string of the molecule is CC1C(=O)NCCN1C(=O)C(CN)Cc1ccccc1. The molecule has 0 aromatic heterocycles. The van der Waals surface area contributed by atoms with Gasteiger partial charge in [0.05, 0.1) is 5.92 Å². The van der Waals surface area contributed by atoms with Crippen LogP contribution >= 0.6 is 0 Å². The average molecular weight is 275 g/mol. The Bertz CT molecular complexity index is 475. The van der Waals surface area contributed by atoms with E-state index in [1.807, 2.05) is 30.3 Å². The molecule has 0 aliphatic carbocycles. The Morgan fingerprint density at radius 1 is 1.45 bits per heavy atom. The van der Waals surface area contributed by atoms with Crippen molar-refractivity contribution in [1.82, 2.24) is 10.2 Å². The third kappa shape index (κ3) is 3.17. The first-order chi connectivity index (χ1) is 9.63. The maximum absolute atomic E-state index is 12.6. The van der Waals surface area contributed by atoms with Gasteiger partial charge in [0.2, 0.25) is 11.8 Å². The van der Waals surface area contributed by atoms with E-state index in [9.17, 15) is 9.59 Å². The summed E-state index contributed by atoms with van der Waals surface area (Å²) in [6.45, 7) is 3.11. The lowest BCUT2D eigenvalue weighted by Gasteiger charge is -2.35. The second-order valence-electron chi connectivity index (χ2n) is 5.12. The molecule has 20 heavy (non-hydrogen) atoms. The first-order valence-electron chi connectivity index (χ1n) is 6.95. The second kappa shape index (κ2) is 6.52. The number of amides is 2. The van der Waals surface area contributed by atoms with Gasteiger partial charge in [-0.05, 0) is 18.9 Å². The summed E-state index contributed by atoms with van der Waals surface area (Å²) in [5, 5.41) is 2.76. The van der Waals surface area contributed by atoms with Crippen LogP contribution in [0.3, 0.4) is 0 Å². The monoisotopic (exact) mass is 275 g/mol. The van der Waals surface area contributed by atoms with Crippen LogP contribution in [-0.2, 0) is 16.0 Å². The largest absolute Gasteiger partial charge is 0.353 e. The van der Waals surface area contributed by atoms with Crippen molar-refractivity contribution in [2.45, 2.75) is 19.4 Å². The van der Waals surface area contributed by atoms with E-state index in [4.69, 9.17) is 5.73 Å². The summed E-state index contributed by atoms with van der Waals surface area (Å²) in [5.41, 5.74) is 6.85. The molecular weight excluding hydrogens is 254 g/mol. The molecule has 5 heteroatoms. The minimum Gasteiger partial charge on any atom is -0.353 e. The van der Waals surface area contributed by atoms with Gasteiger partial charge in [0.15, 0.2) is 0 Å². The van der Waals surface area contributed by atoms with Gasteiger partial charge in [0.1, 0.15) is 6.04 Å². The highest BCUT2D eigenvalue weighted by atomic mass is 16.2. The summed E-state index contributed by atoms with van der Waals surface area (Å²) in [4.78, 5) is 25.8. The van der Waals surface area contributed by atoms with Gasteiger partial charge >= 0.3 is 0 Å². The molecule has 0 radical (unpaired) electrons. The van der Waals surface area contributed by atoms with E-state index in [1.165, 1.54) is 0 Å². The van der Waals surface area contributed by atoms with Gasteiger partial charge in [0.25, 0.3) is 0 Å². The molecule has 2 atom stereocenters. The molecule has 2 amide bonds. The first-order valence-corrected chi connectivity index (χ1v) is 6.95. The number of nitrogens with one attached hydrogen (secondary N) is 1. The normalized spacial score (nSPS) is 20.4. The minimum atomic E-state index is -0.416. The molecule has 1 aliphatic heterocycles. The van der Waals surface area contributed by atoms with Crippen LogP contribution in [0.2, 0.25) is 0 Å². The Morgan fingerprint density at radius 2 is 2.15 bits per heavy atom. The number of hydrogen-bond donors (Lipinski definition) is 2. The van der Waals surface area contributed by atoms with Gasteiger partial charge < -0.3 is 16.0 Å². The molecule has 2 unspecified atom stereocenters. The smallest absolute Gasteiger partial charge is 0.242 e. The number of carbonyl (C=O) groups is 2. The van der Waals surface area contributed by atoms with E-state index < -0.39 is 6.04 Å². The maximum atomic E-state index is 12.6. The van der Waals surface area contributed by atoms with Gasteiger partial charge in [-0.2, -0.15) is 0 Å². The molecular formula is C15H21N3O2. The van der Waals surface area contributed by atoms with Gasteiger partial charge in [-0.3, -0.25) is 9.59 Å². The van der Waals surface area contributed by atoms with E-state index in [1.54, 1.807) is 11.8 Å². The molecule has 3 N–H and O–H groups in total. The molecule has 1 fully saturated rings. The van der Waals surface area contributed by atoms with Crippen molar-refractivity contribution in [2.24, 2.45) is 11.7 Å². The average Bonchev–Trinajstić information content (AvgIpc) is 2.48. The van der Waals surface area contributed by atoms with Gasteiger partial charge in [-0.25, -0.2) is 0 Å². The first kappa shape index (κ1) is 14.5. The zero-order valence-corrected chi connectivity index (χ0v) is 11.7. The van der Waals surface area contributed by atoms with Crippen molar-refractivity contribution in [1.29, 1.82) is 0 Å². The summed E-state index contributed by atoms with van der Waals surface area (Å²) < 4.78 is 0. The zero-order chi connectivity index (χ0) is 14.5. The predicted molar refractivity (Wildman–Crippen MR) is 76.9 cm³/mol. The summed E-state index contributed by atoms with van der Waals surface area (Å²) in [6, 6.07) is 9.40. The lowest BCUT2D eigenvalue weighted by atomic mass is 9.97. The van der Waals surface area contributed by atoms with Crippen LogP contribution in [-0.4, -0.2) is 42.4 Å². The van der Waals surface area contributed by atoms with Crippen molar-refractivity contribution in [3.63, 3.8) is 0 Å². The molecule has 0 saturated carbocycles. The van der Waals surface area contributed by atoms with Crippen LogP contribution in [0.5, 0.6) is 0 Å². The van der Waals surface area contributed by atoms with Crippen LogP contribution in [0.1, 0.15) is 12.5 Å². The number of benzene rings is 1. The molecule has 1 heterocycles. The van der Waals surface area contributed by atoms with Crippen LogP contribution in [0.4, 0.5) is 0 Å². The molecule has 2 rings (SSSR count). The molecule has 1 aliphatic rings. The van der Waals surface area contributed by atoms with E-state index in [2.05, 4.69) is 5.32 Å². The fraction of sp³-hybridized carbons (Fsp3) is 0.467. The topological polar surface area (TPSA) is 75.4 Å². The van der Waals surface area contributed by atoms with Crippen molar-refractivity contribution >= 4 is 11.8 Å². The Balaban J connectivity index is 2.07. The number of piperazine rings is 1. The Kier molecular flexibility index (Phi) is 4.74. The van der Waals surface area contributed by atoms with Crippen LogP contribution < -0.4 is 11.1 Å². The van der Waals surface area contributed by atoms with Crippen LogP contribution in [0.25, 0.3) is 0 Å². The molecule has 5 nitrogen and oxygen atoms in total. The predicted octanol–water partition coefficient (Wildman–Crippen LogP) is 0.151. The van der Waals surface area contributed by atoms with Crippen LogP contribution in [0.15, 0.2) is 30.3 Å². The number of hydrogen-bond acceptors (Lipinski definition) is 3. The van der Waals surface area contributed by atoms with Crippen LogP contribution in [0, 0.1) is 5.92 Å². The quantitative estimate of drug-likeness (QED) is 0.821. The van der Waals surface area contributed by atoms with Gasteiger partial charge in [-0.15, -0.1) is 0 Å². The number of carbonyl (C=O) groups excluding carboxylic acids is 2. The minimum absolute atomic E-state index is 0.0290. The van der Waals surface area contributed by atoms with Crippen molar-refractivity contribution in [3.05, 3.63) is 35.9 Å². The molecule has 0 bridgehead atoms. The highest BCUT2D eigenvalue weighted by molar-refractivity contribution is 5.89. The standard InChI is InChI=1S/C15H21N3O2/c1-11-14(19)17-7-8-18(11)15(20)13(10-16)9-12-5-3-2-4-6-12/h2-6,11,13H,7-10,16H2,1H3,(H,17,19). The number of nitrogens with two attached hydrogens (primary N) is 1. The zero-order valence-electron chi connectivity index (χ0n) is 11.7. The Morgan fingerprint density at radius 3 is 2.80 bits per heavy atom. The van der Waals surface area contributed by atoms with Gasteiger partial charge in [-0.1, -0.05) is 30.3 Å². The van der Waals surface area contributed by atoms with Crippen molar-refractivity contribution in [2.75, 3.05) is 19.6 Å². The highest BCUT2D eigenvalue weighted by Gasteiger charge is 2.32. The fourth-order valence-electron chi connectivity index (χ4n) is 2.49. The third-order valence-corrected chi connectivity index (χ3v) is 3.74. The highest BCUT2D eigenvalue weighted by Crippen LogP contribution is 2.14. The molecule has 108 valence electrons. The van der Waals surface area contributed by atoms with E-state index in [-0.39, 0.29) is 17.7 Å². The lowest BCUT2D eigenvalue weighted by molar-refractivity contribution is -0.145. The molecule has 1 saturated heterocycles. The number of rotatable bonds is 4. The molecule has 0 spiro atoms. The summed E-state index contributed by atoms with van der Waals surface area (Å²) in [7, 11) is 0. The molecule has 1 aromatic rings. The maximum Gasteiger partial charge on any atom is 0.242 e. The summed E-state index contributed by atoms with van der Waals surface area (Å²) in [6.07, 6.45) is 0.612. The summed E-state index contributed by atoms with van der Waals surface area (Å²) >= 11 is 0. The fourth-order valence-corrected chi connectivity index (χ4v) is 2.49.